The lowest BCUT2D eigenvalue weighted by atomic mass is 10.1. The lowest BCUT2D eigenvalue weighted by Crippen LogP contribution is -2.40. The molecule has 4 atom stereocenters. The molecule has 28 heavy (non-hydrogen) atoms. The summed E-state index contributed by atoms with van der Waals surface area (Å²) in [7, 11) is 0. The van der Waals surface area contributed by atoms with E-state index in [-0.39, 0.29) is 6.61 Å². The smallest absolute Gasteiger partial charge is 0.303 e. The molecule has 13 heteroatoms. The second kappa shape index (κ2) is 8.14. The molecule has 2 aromatic rings. The highest BCUT2D eigenvalue weighted by Gasteiger charge is 2.51. The van der Waals surface area contributed by atoms with Crippen molar-refractivity contribution in [2.45, 2.75) is 45.3 Å². The molecule has 1 saturated heterocycles. The maximum Gasteiger partial charge on any atom is 0.303 e. The van der Waals surface area contributed by atoms with Gasteiger partial charge in [0, 0.05) is 20.8 Å². The first-order chi connectivity index (χ1) is 13.3. The van der Waals surface area contributed by atoms with Gasteiger partial charge in [-0.3, -0.25) is 14.4 Å². The third kappa shape index (κ3) is 4.09. The molecule has 3 rings (SSSR count). The van der Waals surface area contributed by atoms with Gasteiger partial charge in [0.05, 0.1) is 0 Å². The Labute approximate surface area is 166 Å². The van der Waals surface area contributed by atoms with Gasteiger partial charge in [0.2, 0.25) is 0 Å². The topological polar surface area (TPSA) is 145 Å². The fraction of sp³-hybridized carbons (Fsp3) is 0.533. The summed E-state index contributed by atoms with van der Waals surface area (Å²) in [6, 6.07) is 0. The molecule has 1 fully saturated rings. The number of carbonyl (C=O) groups excluding carboxylic acids is 3. The highest BCUT2D eigenvalue weighted by atomic mass is 79.9. The van der Waals surface area contributed by atoms with Gasteiger partial charge in [-0.25, -0.2) is 9.97 Å². The zero-order valence-electron chi connectivity index (χ0n) is 15.1. The Morgan fingerprint density at radius 2 is 1.79 bits per heavy atom. The molecule has 0 radical (unpaired) electrons. The van der Waals surface area contributed by atoms with Crippen molar-refractivity contribution >= 4 is 45.0 Å². The average Bonchev–Trinajstić information content (AvgIpc) is 3.16. The number of halogens is 1. The van der Waals surface area contributed by atoms with Crippen LogP contribution in [0.15, 0.2) is 10.9 Å². The fourth-order valence-electron chi connectivity index (χ4n) is 2.80. The highest BCUT2D eigenvalue weighted by Crippen LogP contribution is 2.35. The van der Waals surface area contributed by atoms with E-state index in [4.69, 9.17) is 18.9 Å². The minimum absolute atomic E-state index is 0.215. The standard InChI is InChI=1S/C15H16BrN5O7/c1-6(22)25-4-9-11(26-7(2)23)12(27-8(3)24)15(28-9)21-14-10(19-20-21)13(16)17-5-18-14/h5,9,11-12,15H,4H2,1-3H3/t9-,11-,12-,15-/m1/s1. The van der Waals surface area contributed by atoms with Gasteiger partial charge < -0.3 is 18.9 Å². The van der Waals surface area contributed by atoms with Crippen LogP contribution in [-0.2, 0) is 33.3 Å². The molecule has 1 aliphatic heterocycles. The van der Waals surface area contributed by atoms with Gasteiger partial charge >= 0.3 is 17.9 Å². The van der Waals surface area contributed by atoms with E-state index >= 15 is 0 Å². The van der Waals surface area contributed by atoms with E-state index < -0.39 is 42.4 Å². The minimum atomic E-state index is -1.07. The van der Waals surface area contributed by atoms with E-state index in [1.807, 2.05) is 0 Å². The SMILES string of the molecule is CC(=O)OC[C@H]1O[C@@H](n2nnc3c(Br)ncnc32)[C@H](OC(C)=O)[C@@H]1OC(C)=O. The van der Waals surface area contributed by atoms with Crippen molar-refractivity contribution in [1.82, 2.24) is 25.0 Å². The Balaban J connectivity index is 2.01. The van der Waals surface area contributed by atoms with Crippen LogP contribution in [0.2, 0.25) is 0 Å². The van der Waals surface area contributed by atoms with E-state index in [1.165, 1.54) is 31.8 Å². The molecule has 0 unspecified atom stereocenters. The van der Waals surface area contributed by atoms with Gasteiger partial charge in [-0.15, -0.1) is 5.10 Å². The highest BCUT2D eigenvalue weighted by molar-refractivity contribution is 9.10. The summed E-state index contributed by atoms with van der Waals surface area (Å²) < 4.78 is 23.2. The molecule has 0 aromatic carbocycles. The monoisotopic (exact) mass is 457 g/mol. The number of aromatic nitrogens is 5. The maximum atomic E-state index is 11.7. The third-order valence-corrected chi connectivity index (χ3v) is 4.38. The largest absolute Gasteiger partial charge is 0.463 e. The second-order valence-electron chi connectivity index (χ2n) is 5.89. The van der Waals surface area contributed by atoms with E-state index in [0.29, 0.717) is 15.8 Å². The van der Waals surface area contributed by atoms with Crippen LogP contribution in [0.3, 0.4) is 0 Å². The normalized spacial score (nSPS) is 24.1. The first-order valence-electron chi connectivity index (χ1n) is 8.12. The van der Waals surface area contributed by atoms with Crippen LogP contribution in [0.25, 0.3) is 11.2 Å². The molecule has 0 aliphatic carbocycles. The van der Waals surface area contributed by atoms with E-state index in [2.05, 4.69) is 36.2 Å². The molecule has 2 aromatic heterocycles. The zero-order valence-corrected chi connectivity index (χ0v) is 16.7. The van der Waals surface area contributed by atoms with Crippen molar-refractivity contribution in [2.75, 3.05) is 6.61 Å². The summed E-state index contributed by atoms with van der Waals surface area (Å²) in [5.74, 6) is -1.78. The van der Waals surface area contributed by atoms with Crippen LogP contribution in [0, 0.1) is 0 Å². The van der Waals surface area contributed by atoms with Gasteiger partial charge in [0.25, 0.3) is 0 Å². The summed E-state index contributed by atoms with van der Waals surface area (Å²) in [5.41, 5.74) is 0.666. The molecule has 3 heterocycles. The predicted molar refractivity (Wildman–Crippen MR) is 92.5 cm³/mol. The Morgan fingerprint density at radius 3 is 2.43 bits per heavy atom. The molecule has 0 amide bonds. The van der Waals surface area contributed by atoms with Crippen LogP contribution >= 0.6 is 15.9 Å². The number of hydrogen-bond acceptors (Lipinski definition) is 11. The maximum absolute atomic E-state index is 11.7. The molecular formula is C15H16BrN5O7. The van der Waals surface area contributed by atoms with Crippen LogP contribution in [0.5, 0.6) is 0 Å². The molecule has 0 N–H and O–H groups in total. The van der Waals surface area contributed by atoms with Gasteiger partial charge in [-0.1, -0.05) is 5.21 Å². The number of fused-ring (bicyclic) bond motifs is 1. The Hall–Kier alpha value is -2.67. The van der Waals surface area contributed by atoms with Crippen LogP contribution in [0.4, 0.5) is 0 Å². The van der Waals surface area contributed by atoms with Gasteiger partial charge in [0.1, 0.15) is 23.6 Å². The summed E-state index contributed by atoms with van der Waals surface area (Å²) >= 11 is 3.25. The summed E-state index contributed by atoms with van der Waals surface area (Å²) in [5, 5.41) is 8.00. The van der Waals surface area contributed by atoms with Crippen molar-refractivity contribution in [3.8, 4) is 0 Å². The lowest BCUT2D eigenvalue weighted by Gasteiger charge is -2.23. The van der Waals surface area contributed by atoms with E-state index in [9.17, 15) is 14.4 Å². The van der Waals surface area contributed by atoms with Gasteiger partial charge in [-0.2, -0.15) is 4.68 Å². The van der Waals surface area contributed by atoms with Crippen LogP contribution < -0.4 is 0 Å². The minimum Gasteiger partial charge on any atom is -0.463 e. The summed E-state index contributed by atoms with van der Waals surface area (Å²) in [6.07, 6.45) is -2.73. The fourth-order valence-corrected chi connectivity index (χ4v) is 3.15. The Kier molecular flexibility index (Phi) is 5.84. The van der Waals surface area contributed by atoms with Crippen molar-refractivity contribution in [2.24, 2.45) is 0 Å². The number of nitrogens with zero attached hydrogens (tertiary/aromatic N) is 5. The predicted octanol–water partition coefficient (Wildman–Crippen LogP) is 0.308. The molecule has 0 bridgehead atoms. The van der Waals surface area contributed by atoms with Crippen LogP contribution in [-0.4, -0.2) is 67.8 Å². The van der Waals surface area contributed by atoms with Gasteiger partial charge in [-0.05, 0) is 15.9 Å². The Morgan fingerprint density at radius 1 is 1.11 bits per heavy atom. The number of carbonyl (C=O) groups is 3. The Bertz CT molecular complexity index is 919. The third-order valence-electron chi connectivity index (χ3n) is 3.80. The average molecular weight is 458 g/mol. The number of esters is 3. The van der Waals surface area contributed by atoms with Crippen molar-refractivity contribution < 1.29 is 33.3 Å². The second-order valence-corrected chi connectivity index (χ2v) is 6.64. The van der Waals surface area contributed by atoms with E-state index in [0.717, 1.165) is 0 Å². The zero-order chi connectivity index (χ0) is 20.4. The summed E-state index contributed by atoms with van der Waals surface area (Å²) in [6.45, 7) is 3.43. The van der Waals surface area contributed by atoms with Crippen molar-refractivity contribution in [3.05, 3.63) is 10.9 Å². The first-order valence-corrected chi connectivity index (χ1v) is 8.92. The molecule has 150 valence electrons. The van der Waals surface area contributed by atoms with Crippen molar-refractivity contribution in [3.63, 3.8) is 0 Å². The van der Waals surface area contributed by atoms with Crippen molar-refractivity contribution in [1.29, 1.82) is 0 Å². The number of rotatable bonds is 5. The quantitative estimate of drug-likeness (QED) is 0.347. The first kappa shape index (κ1) is 20.1. The molecule has 0 spiro atoms. The number of hydrogen-bond donors (Lipinski definition) is 0. The van der Waals surface area contributed by atoms with E-state index in [1.54, 1.807) is 0 Å². The van der Waals surface area contributed by atoms with Gasteiger partial charge in [0.15, 0.2) is 29.6 Å². The molecule has 0 saturated carbocycles. The molecule has 1 aliphatic rings. The molecular weight excluding hydrogens is 442 g/mol. The summed E-state index contributed by atoms with van der Waals surface area (Å²) in [4.78, 5) is 42.5. The lowest BCUT2D eigenvalue weighted by molar-refractivity contribution is -0.166. The van der Waals surface area contributed by atoms with Crippen LogP contribution in [0.1, 0.15) is 27.0 Å². The number of ether oxygens (including phenoxy) is 4. The molecule has 12 nitrogen and oxygen atoms in total.